The number of oxime groups is 1. The number of hydrogen-bond acceptors (Lipinski definition) is 8. The molecule has 3 N–H and O–H groups in total. The van der Waals surface area contributed by atoms with Crippen LogP contribution in [0.3, 0.4) is 0 Å². The molecular weight excluding hydrogens is 456 g/mol. The van der Waals surface area contributed by atoms with Crippen molar-refractivity contribution in [2.45, 2.75) is 26.2 Å². The molecule has 2 aliphatic carbocycles. The second-order valence-corrected chi connectivity index (χ2v) is 8.45. The third kappa shape index (κ3) is 4.47. The lowest BCUT2D eigenvalue weighted by Gasteiger charge is -2.09. The van der Waals surface area contributed by atoms with E-state index in [9.17, 15) is 4.79 Å². The standard InChI is InChI=1S/C26H26N8O2/c1-17(31-36-33(2)27)34-25(18-11-5-3-6-12-18)24(29-32-34)26(35)30-28-23-21-15-8-4-7-13-19(21)20-14-9-10-16-22(20)23/h3-7,9-12,14,16H,8,13,15,27H2,1-2H3,(H,30,35)/b28-23+,31-17+. The van der Waals surface area contributed by atoms with E-state index in [4.69, 9.17) is 10.8 Å². The minimum absolute atomic E-state index is 0.115. The Morgan fingerprint density at radius 2 is 1.83 bits per heavy atom. The third-order valence-corrected chi connectivity index (χ3v) is 6.02. The van der Waals surface area contributed by atoms with Crippen molar-refractivity contribution < 1.29 is 9.73 Å². The summed E-state index contributed by atoms with van der Waals surface area (Å²) in [6, 6.07) is 17.5. The monoisotopic (exact) mass is 482 g/mol. The summed E-state index contributed by atoms with van der Waals surface area (Å²) in [5.74, 6) is 5.35. The van der Waals surface area contributed by atoms with E-state index >= 15 is 0 Å². The molecule has 0 unspecified atom stereocenters. The Bertz CT molecular complexity index is 1420. The van der Waals surface area contributed by atoms with E-state index in [2.05, 4.69) is 44.2 Å². The van der Waals surface area contributed by atoms with Crippen molar-refractivity contribution in [2.24, 2.45) is 16.1 Å². The summed E-state index contributed by atoms with van der Waals surface area (Å²) in [5, 5.41) is 17.8. The molecule has 0 saturated carbocycles. The van der Waals surface area contributed by atoms with Crippen molar-refractivity contribution >= 4 is 23.0 Å². The molecule has 5 rings (SSSR count). The van der Waals surface area contributed by atoms with Gasteiger partial charge in [-0.25, -0.2) is 11.3 Å². The average Bonchev–Trinajstić information content (AvgIpc) is 3.37. The fourth-order valence-corrected chi connectivity index (χ4v) is 4.44. The maximum absolute atomic E-state index is 13.4. The van der Waals surface area contributed by atoms with Crippen LogP contribution in [0.5, 0.6) is 0 Å². The fraction of sp³-hybridized carbons (Fsp3) is 0.192. The lowest BCUT2D eigenvalue weighted by Crippen LogP contribution is -2.25. The summed E-state index contributed by atoms with van der Waals surface area (Å²) in [5.41, 5.74) is 9.46. The Morgan fingerprint density at radius 1 is 1.08 bits per heavy atom. The van der Waals surface area contributed by atoms with Gasteiger partial charge in [0.1, 0.15) is 5.69 Å². The smallest absolute Gasteiger partial charge is 0.280 e. The van der Waals surface area contributed by atoms with Gasteiger partial charge in [0, 0.05) is 18.2 Å². The summed E-state index contributed by atoms with van der Waals surface area (Å²) >= 11 is 0. The highest BCUT2D eigenvalue weighted by atomic mass is 16.8. The van der Waals surface area contributed by atoms with Crippen LogP contribution < -0.4 is 11.3 Å². The zero-order valence-electron chi connectivity index (χ0n) is 20.0. The van der Waals surface area contributed by atoms with Crippen LogP contribution in [-0.4, -0.2) is 44.7 Å². The lowest BCUT2D eigenvalue weighted by molar-refractivity contribution is -0.142. The predicted octanol–water partition coefficient (Wildman–Crippen LogP) is 3.51. The number of nitrogens with zero attached hydrogens (tertiary/aromatic N) is 6. The number of rotatable bonds is 5. The van der Waals surface area contributed by atoms with Crippen LogP contribution in [0.4, 0.5) is 0 Å². The number of aromatic nitrogens is 3. The van der Waals surface area contributed by atoms with Crippen molar-refractivity contribution in [3.63, 3.8) is 0 Å². The zero-order chi connectivity index (χ0) is 25.1. The van der Waals surface area contributed by atoms with Crippen molar-refractivity contribution in [1.29, 1.82) is 0 Å². The second kappa shape index (κ2) is 10.1. The van der Waals surface area contributed by atoms with Crippen molar-refractivity contribution in [3.05, 3.63) is 89.1 Å². The van der Waals surface area contributed by atoms with Crippen LogP contribution in [0.1, 0.15) is 47.8 Å². The molecule has 0 spiro atoms. The zero-order valence-corrected chi connectivity index (χ0v) is 20.0. The van der Waals surface area contributed by atoms with Gasteiger partial charge in [-0.05, 0) is 48.1 Å². The second-order valence-electron chi connectivity index (χ2n) is 8.45. The number of fused-ring (bicyclic) bond motifs is 2. The van der Waals surface area contributed by atoms with Crippen LogP contribution >= 0.6 is 0 Å². The Labute approximate surface area is 208 Å². The molecule has 0 radical (unpaired) electrons. The van der Waals surface area contributed by atoms with Crippen molar-refractivity contribution in [3.8, 4) is 11.3 Å². The largest absolute Gasteiger partial charge is 0.294 e. The number of nitrogens with two attached hydrogens (primary N) is 1. The quantitative estimate of drug-likeness (QED) is 0.189. The number of hydrazone groups is 1. The first kappa shape index (κ1) is 23.3. The van der Waals surface area contributed by atoms with Gasteiger partial charge in [-0.15, -0.1) is 5.10 Å². The van der Waals surface area contributed by atoms with E-state index in [0.29, 0.717) is 11.5 Å². The van der Waals surface area contributed by atoms with Gasteiger partial charge in [0.15, 0.2) is 11.5 Å². The van der Waals surface area contributed by atoms with E-state index in [0.717, 1.165) is 41.3 Å². The number of carbonyl (C=O) groups excluding carboxylic acids is 1. The highest BCUT2D eigenvalue weighted by molar-refractivity contribution is 6.24. The first-order chi connectivity index (χ1) is 17.5. The molecule has 10 heteroatoms. The van der Waals surface area contributed by atoms with E-state index in [1.165, 1.54) is 28.4 Å². The highest BCUT2D eigenvalue weighted by Gasteiger charge is 2.28. The summed E-state index contributed by atoms with van der Waals surface area (Å²) < 4.78 is 1.43. The molecule has 1 aromatic heterocycles. The molecule has 2 aromatic carbocycles. The molecule has 182 valence electrons. The molecule has 0 atom stereocenters. The van der Waals surface area contributed by atoms with Gasteiger partial charge in [0.05, 0.1) is 5.71 Å². The van der Waals surface area contributed by atoms with Crippen molar-refractivity contribution in [2.75, 3.05) is 7.05 Å². The average molecular weight is 483 g/mol. The van der Waals surface area contributed by atoms with Crippen LogP contribution in [0.15, 0.2) is 82.6 Å². The van der Waals surface area contributed by atoms with Crippen LogP contribution in [0.2, 0.25) is 0 Å². The molecule has 0 aliphatic heterocycles. The molecule has 0 fully saturated rings. The van der Waals surface area contributed by atoms with E-state index in [1.54, 1.807) is 6.92 Å². The summed E-state index contributed by atoms with van der Waals surface area (Å²) in [7, 11) is 1.50. The highest BCUT2D eigenvalue weighted by Crippen LogP contribution is 2.39. The van der Waals surface area contributed by atoms with Crippen LogP contribution in [-0.2, 0) is 4.94 Å². The van der Waals surface area contributed by atoms with Crippen LogP contribution in [0, 0.1) is 0 Å². The van der Waals surface area contributed by atoms with Gasteiger partial charge in [0.2, 0.25) is 0 Å². The maximum atomic E-state index is 13.4. The first-order valence-corrected chi connectivity index (χ1v) is 11.6. The molecule has 0 bridgehead atoms. The molecule has 3 aromatic rings. The van der Waals surface area contributed by atoms with Gasteiger partial charge >= 0.3 is 0 Å². The van der Waals surface area contributed by atoms with E-state index < -0.39 is 5.91 Å². The predicted molar refractivity (Wildman–Crippen MR) is 137 cm³/mol. The first-order valence-electron chi connectivity index (χ1n) is 11.6. The minimum Gasteiger partial charge on any atom is -0.280 e. The molecule has 10 nitrogen and oxygen atoms in total. The molecule has 36 heavy (non-hydrogen) atoms. The third-order valence-electron chi connectivity index (χ3n) is 6.02. The Morgan fingerprint density at radius 3 is 2.61 bits per heavy atom. The molecular formula is C26H26N8O2. The number of nitrogens with one attached hydrogen (secondary N) is 1. The van der Waals surface area contributed by atoms with E-state index in [1.807, 2.05) is 48.5 Å². The Kier molecular flexibility index (Phi) is 6.52. The molecule has 0 saturated heterocycles. The van der Waals surface area contributed by atoms with Gasteiger partial charge in [-0.2, -0.15) is 9.78 Å². The number of hydroxylamine groups is 1. The Balaban J connectivity index is 1.51. The van der Waals surface area contributed by atoms with Crippen LogP contribution in [0.25, 0.3) is 16.8 Å². The fourth-order valence-electron chi connectivity index (χ4n) is 4.44. The minimum atomic E-state index is -0.476. The summed E-state index contributed by atoms with van der Waals surface area (Å²) in [4.78, 5) is 18.4. The topological polar surface area (TPSA) is 123 Å². The van der Waals surface area contributed by atoms with Gasteiger partial charge in [-0.3, -0.25) is 9.73 Å². The maximum Gasteiger partial charge on any atom is 0.294 e. The van der Waals surface area contributed by atoms with Crippen molar-refractivity contribution in [1.82, 2.24) is 25.6 Å². The molecule has 1 heterocycles. The Hall–Kier alpha value is -4.41. The number of amides is 1. The normalized spacial score (nSPS) is 16.2. The van der Waals surface area contributed by atoms with E-state index in [-0.39, 0.29) is 5.69 Å². The summed E-state index contributed by atoms with van der Waals surface area (Å²) in [6.07, 6.45) is 7.04. The number of carbonyl (C=O) groups is 1. The number of hydrogen-bond donors (Lipinski definition) is 2. The lowest BCUT2D eigenvalue weighted by atomic mass is 10.0. The van der Waals surface area contributed by atoms with Gasteiger partial charge in [0.25, 0.3) is 5.91 Å². The number of allylic oxidation sites excluding steroid dienone is 4. The molecule has 2 aliphatic rings. The van der Waals surface area contributed by atoms with Gasteiger partial charge < -0.3 is 0 Å². The van der Waals surface area contributed by atoms with Gasteiger partial charge in [-0.1, -0.05) is 77.1 Å². The number of benzene rings is 2. The summed E-state index contributed by atoms with van der Waals surface area (Å²) in [6.45, 7) is 1.68. The SMILES string of the molecule is C/C(=N\ON(C)N)n1nnc(C(=O)N/N=C2\C3=C(CC=CCC3)c3ccccc32)c1-c1ccccc1. The molecule has 1 amide bonds. The number of hydrazine groups is 1.